The molecule has 2 aromatic carbocycles. The Labute approximate surface area is 183 Å². The van der Waals surface area contributed by atoms with Crippen LogP contribution < -0.4 is 10.5 Å². The Morgan fingerprint density at radius 1 is 1.16 bits per heavy atom. The molecule has 0 saturated carbocycles. The van der Waals surface area contributed by atoms with E-state index in [-0.39, 0.29) is 5.76 Å². The maximum atomic E-state index is 12.3. The number of ether oxygens (including phenoxy) is 1. The van der Waals surface area contributed by atoms with E-state index in [1.54, 1.807) is 24.3 Å². The van der Waals surface area contributed by atoms with Crippen molar-refractivity contribution in [3.05, 3.63) is 107 Å². The smallest absolute Gasteiger partial charge is 0.379 e. The van der Waals surface area contributed by atoms with Crippen molar-refractivity contribution in [3.8, 4) is 23.1 Å². The second-order valence-electron chi connectivity index (χ2n) is 7.43. The summed E-state index contributed by atoms with van der Waals surface area (Å²) >= 11 is 0. The van der Waals surface area contributed by atoms with Crippen LogP contribution >= 0.6 is 0 Å². The van der Waals surface area contributed by atoms with Gasteiger partial charge in [-0.05, 0) is 29.8 Å². The van der Waals surface area contributed by atoms with Gasteiger partial charge >= 0.3 is 5.97 Å². The summed E-state index contributed by atoms with van der Waals surface area (Å²) in [5, 5.41) is 17.6. The monoisotopic (exact) mass is 422 g/mol. The molecule has 4 aromatic rings. The van der Waals surface area contributed by atoms with Gasteiger partial charge in [0.2, 0.25) is 5.76 Å². The Bertz CT molecular complexity index is 1360. The van der Waals surface area contributed by atoms with Crippen molar-refractivity contribution >= 4 is 5.97 Å². The quantitative estimate of drug-likeness (QED) is 0.374. The van der Waals surface area contributed by atoms with Crippen LogP contribution in [0, 0.1) is 11.3 Å². The number of nitrogens with two attached hydrogens (primary N) is 1. The van der Waals surface area contributed by atoms with Crippen LogP contribution in [0.2, 0.25) is 0 Å². The molecular formula is C25H18N4O3. The molecule has 1 unspecified atom stereocenters. The van der Waals surface area contributed by atoms with E-state index in [4.69, 9.17) is 14.9 Å². The summed E-state index contributed by atoms with van der Waals surface area (Å²) in [6.45, 7) is 0. The molecule has 1 aliphatic carbocycles. The van der Waals surface area contributed by atoms with E-state index >= 15 is 0 Å². The van der Waals surface area contributed by atoms with Gasteiger partial charge in [-0.2, -0.15) is 10.4 Å². The lowest BCUT2D eigenvalue weighted by molar-refractivity contribution is 0.0701. The third-order valence-corrected chi connectivity index (χ3v) is 5.47. The summed E-state index contributed by atoms with van der Waals surface area (Å²) in [5.41, 5.74) is 11.5. The third-order valence-electron chi connectivity index (χ3n) is 5.47. The predicted octanol–water partition coefficient (Wildman–Crippen LogP) is 4.31. The van der Waals surface area contributed by atoms with E-state index < -0.39 is 11.9 Å². The summed E-state index contributed by atoms with van der Waals surface area (Å²) in [6.07, 6.45) is 1.83. The number of nitrogens with one attached hydrogen (secondary N) is 1. The van der Waals surface area contributed by atoms with Gasteiger partial charge in [-0.3, -0.25) is 5.10 Å². The van der Waals surface area contributed by atoms with Crippen LogP contribution in [0.15, 0.2) is 88.7 Å². The van der Waals surface area contributed by atoms with Gasteiger partial charge < -0.3 is 14.9 Å². The van der Waals surface area contributed by atoms with Gasteiger partial charge in [-0.15, -0.1) is 0 Å². The summed E-state index contributed by atoms with van der Waals surface area (Å²) in [7, 11) is 0. The summed E-state index contributed by atoms with van der Waals surface area (Å²) in [4.78, 5) is 12.3. The maximum absolute atomic E-state index is 12.3. The Kier molecular flexibility index (Phi) is 4.81. The first kappa shape index (κ1) is 19.4. The van der Waals surface area contributed by atoms with Crippen LogP contribution in [0.5, 0.6) is 5.75 Å². The third kappa shape index (κ3) is 3.34. The molecule has 32 heavy (non-hydrogen) atoms. The molecule has 3 N–H and O–H groups in total. The molecule has 0 spiro atoms. The molecule has 5 rings (SSSR count). The predicted molar refractivity (Wildman–Crippen MR) is 117 cm³/mol. The number of aromatic nitrogens is 2. The van der Waals surface area contributed by atoms with Gasteiger partial charge in [0.15, 0.2) is 0 Å². The second kappa shape index (κ2) is 7.93. The zero-order valence-electron chi connectivity index (χ0n) is 16.9. The van der Waals surface area contributed by atoms with E-state index in [1.807, 2.05) is 36.4 Å². The van der Waals surface area contributed by atoms with Gasteiger partial charge in [-0.1, -0.05) is 42.5 Å². The fourth-order valence-electron chi connectivity index (χ4n) is 4.04. The summed E-state index contributed by atoms with van der Waals surface area (Å²) in [6, 6.07) is 22.3. The number of furan rings is 1. The normalized spacial score (nSPS) is 15.2. The number of benzene rings is 2. The Hall–Kier alpha value is -4.57. The number of carbonyl (C=O) groups excluding carboxylic acids is 1. The molecule has 0 saturated heterocycles. The SMILES string of the molecule is N#CC1=C(N)Cc2[nH]nc(-c3ccccc3)c2C1c1cccc(OC(=O)c2ccco2)c1. The van der Waals surface area contributed by atoms with Crippen LogP contribution in [-0.4, -0.2) is 16.2 Å². The van der Waals surface area contributed by atoms with Crippen molar-refractivity contribution in [2.45, 2.75) is 12.3 Å². The van der Waals surface area contributed by atoms with E-state index in [0.29, 0.717) is 23.4 Å². The molecule has 0 amide bonds. The second-order valence-corrected chi connectivity index (χ2v) is 7.43. The molecule has 0 aliphatic heterocycles. The van der Waals surface area contributed by atoms with Crippen molar-refractivity contribution < 1.29 is 13.9 Å². The number of nitrogens with zero attached hydrogens (tertiary/aromatic N) is 2. The van der Waals surface area contributed by atoms with Crippen molar-refractivity contribution in [2.24, 2.45) is 5.73 Å². The van der Waals surface area contributed by atoms with Crippen molar-refractivity contribution in [3.63, 3.8) is 0 Å². The lowest BCUT2D eigenvalue weighted by atomic mass is 9.77. The zero-order valence-corrected chi connectivity index (χ0v) is 16.9. The van der Waals surface area contributed by atoms with E-state index in [0.717, 1.165) is 28.1 Å². The number of allylic oxidation sites excluding steroid dienone is 2. The zero-order chi connectivity index (χ0) is 22.1. The summed E-state index contributed by atoms with van der Waals surface area (Å²) < 4.78 is 10.6. The highest BCUT2D eigenvalue weighted by Gasteiger charge is 2.33. The number of aromatic amines is 1. The highest BCUT2D eigenvalue weighted by atomic mass is 16.5. The number of hydrogen-bond donors (Lipinski definition) is 2. The molecule has 0 radical (unpaired) electrons. The first-order valence-corrected chi connectivity index (χ1v) is 10.0. The number of hydrogen-bond acceptors (Lipinski definition) is 6. The van der Waals surface area contributed by atoms with Gasteiger partial charge in [0, 0.05) is 34.9 Å². The minimum absolute atomic E-state index is 0.110. The standard InChI is InChI=1S/C25H18N4O3/c26-14-18-19(27)13-20-23(24(29-28-20)15-6-2-1-3-7-15)22(18)16-8-4-9-17(12-16)32-25(30)21-10-5-11-31-21/h1-12,22H,13,27H2,(H,28,29). The molecule has 2 aromatic heterocycles. The maximum Gasteiger partial charge on any atom is 0.379 e. The van der Waals surface area contributed by atoms with Crippen LogP contribution in [-0.2, 0) is 6.42 Å². The first-order valence-electron chi connectivity index (χ1n) is 10.0. The lowest BCUT2D eigenvalue weighted by Gasteiger charge is -2.25. The fourth-order valence-corrected chi connectivity index (χ4v) is 4.04. The van der Waals surface area contributed by atoms with Gasteiger partial charge in [0.05, 0.1) is 23.6 Å². The minimum atomic E-state index is -0.597. The van der Waals surface area contributed by atoms with E-state index in [9.17, 15) is 10.1 Å². The van der Waals surface area contributed by atoms with Crippen molar-refractivity contribution in [1.82, 2.24) is 10.2 Å². The number of nitriles is 1. The Morgan fingerprint density at radius 3 is 2.75 bits per heavy atom. The average molecular weight is 422 g/mol. The number of esters is 1. The molecule has 2 heterocycles. The number of rotatable bonds is 4. The molecule has 7 nitrogen and oxygen atoms in total. The minimum Gasteiger partial charge on any atom is -0.457 e. The number of H-pyrrole nitrogens is 1. The largest absolute Gasteiger partial charge is 0.457 e. The Balaban J connectivity index is 1.60. The molecular weight excluding hydrogens is 404 g/mol. The summed E-state index contributed by atoms with van der Waals surface area (Å²) in [5.74, 6) is -0.588. The van der Waals surface area contributed by atoms with Crippen molar-refractivity contribution in [2.75, 3.05) is 0 Å². The van der Waals surface area contributed by atoms with Gasteiger partial charge in [0.1, 0.15) is 5.75 Å². The van der Waals surface area contributed by atoms with Crippen LogP contribution in [0.4, 0.5) is 0 Å². The molecule has 0 fully saturated rings. The van der Waals surface area contributed by atoms with Crippen LogP contribution in [0.3, 0.4) is 0 Å². The van der Waals surface area contributed by atoms with Crippen molar-refractivity contribution in [1.29, 1.82) is 5.26 Å². The van der Waals surface area contributed by atoms with Crippen LogP contribution in [0.1, 0.15) is 33.3 Å². The molecule has 156 valence electrons. The lowest BCUT2D eigenvalue weighted by Crippen LogP contribution is -2.19. The van der Waals surface area contributed by atoms with Gasteiger partial charge in [-0.25, -0.2) is 4.79 Å². The first-order chi connectivity index (χ1) is 15.7. The number of fused-ring (bicyclic) bond motifs is 1. The Morgan fingerprint density at radius 2 is 2.00 bits per heavy atom. The van der Waals surface area contributed by atoms with Gasteiger partial charge in [0.25, 0.3) is 0 Å². The highest BCUT2D eigenvalue weighted by molar-refractivity contribution is 5.88. The highest BCUT2D eigenvalue weighted by Crippen LogP contribution is 2.43. The molecule has 1 aliphatic rings. The van der Waals surface area contributed by atoms with E-state index in [1.165, 1.54) is 12.3 Å². The molecule has 0 bridgehead atoms. The topological polar surface area (TPSA) is 118 Å². The number of carbonyl (C=O) groups is 1. The fraction of sp³-hybridized carbons (Fsp3) is 0.0800. The molecule has 1 atom stereocenters. The van der Waals surface area contributed by atoms with Crippen LogP contribution in [0.25, 0.3) is 11.3 Å². The molecule has 7 heteroatoms. The average Bonchev–Trinajstić information content (AvgIpc) is 3.49. The van der Waals surface area contributed by atoms with E-state index in [2.05, 4.69) is 16.3 Å².